The highest BCUT2D eigenvalue weighted by molar-refractivity contribution is 9.11. The minimum atomic E-state index is -0.641. The predicted molar refractivity (Wildman–Crippen MR) is 151 cm³/mol. The number of hydrogen-bond acceptors (Lipinski definition) is 6. The molecule has 7 nitrogen and oxygen atoms in total. The molecule has 0 atom stereocenters. The Morgan fingerprint density at radius 3 is 2.35 bits per heavy atom. The number of carbonyl (C=O) groups is 1. The van der Waals surface area contributed by atoms with Crippen LogP contribution in [0.15, 0.2) is 91.0 Å². The molecule has 0 aliphatic carbocycles. The number of aromatic nitrogens is 2. The second kappa shape index (κ2) is 9.72. The summed E-state index contributed by atoms with van der Waals surface area (Å²) in [6, 6.07) is 23.6. The monoisotopic (exact) mass is 618 g/mol. The topological polar surface area (TPSA) is 79.5 Å². The van der Waals surface area contributed by atoms with Crippen LogP contribution in [-0.4, -0.2) is 47.2 Å². The Morgan fingerprint density at radius 1 is 0.811 bits per heavy atom. The summed E-state index contributed by atoms with van der Waals surface area (Å²) in [6.45, 7) is 2.11. The van der Waals surface area contributed by atoms with E-state index in [4.69, 9.17) is 4.42 Å². The van der Waals surface area contributed by atoms with Gasteiger partial charge in [0.2, 0.25) is 0 Å². The van der Waals surface area contributed by atoms with Gasteiger partial charge < -0.3 is 14.2 Å². The summed E-state index contributed by atoms with van der Waals surface area (Å²) in [4.78, 5) is 29.5. The van der Waals surface area contributed by atoms with Gasteiger partial charge in [0.1, 0.15) is 5.56 Å². The maximum atomic E-state index is 13.2. The zero-order valence-electron chi connectivity index (χ0n) is 19.5. The lowest BCUT2D eigenvalue weighted by Gasteiger charge is -2.35. The Morgan fingerprint density at radius 2 is 1.59 bits per heavy atom. The molecule has 1 aliphatic rings. The average molecular weight is 620 g/mol. The van der Waals surface area contributed by atoms with Crippen LogP contribution in [-0.2, 0) is 0 Å². The van der Waals surface area contributed by atoms with E-state index in [1.165, 1.54) is 5.39 Å². The van der Waals surface area contributed by atoms with Gasteiger partial charge in [-0.15, -0.1) is 10.2 Å². The molecular formula is C28H20Br2N4O3. The number of rotatable bonds is 3. The lowest BCUT2D eigenvalue weighted by atomic mass is 10.1. The van der Waals surface area contributed by atoms with Gasteiger partial charge in [-0.2, -0.15) is 0 Å². The van der Waals surface area contributed by atoms with Crippen molar-refractivity contribution in [2.75, 3.05) is 31.1 Å². The summed E-state index contributed by atoms with van der Waals surface area (Å²) in [7, 11) is 0. The van der Waals surface area contributed by atoms with Crippen molar-refractivity contribution in [3.8, 4) is 11.3 Å². The first-order valence-electron chi connectivity index (χ1n) is 11.8. The second-order valence-corrected chi connectivity index (χ2v) is 10.6. The number of nitrogens with zero attached hydrogens (tertiary/aromatic N) is 4. The molecule has 3 heterocycles. The third-order valence-corrected chi connectivity index (χ3v) is 7.62. The first-order valence-corrected chi connectivity index (χ1v) is 13.3. The van der Waals surface area contributed by atoms with E-state index >= 15 is 0 Å². The van der Waals surface area contributed by atoms with Gasteiger partial charge >= 0.3 is 5.63 Å². The van der Waals surface area contributed by atoms with Crippen molar-refractivity contribution in [1.82, 2.24) is 15.1 Å². The van der Waals surface area contributed by atoms with Crippen molar-refractivity contribution < 1.29 is 9.21 Å². The van der Waals surface area contributed by atoms with Crippen LogP contribution >= 0.6 is 31.9 Å². The van der Waals surface area contributed by atoms with Crippen LogP contribution in [0.5, 0.6) is 0 Å². The van der Waals surface area contributed by atoms with E-state index in [2.05, 4.69) is 77.3 Å². The lowest BCUT2D eigenvalue weighted by molar-refractivity contribution is 0.0742. The first-order chi connectivity index (χ1) is 18.0. The minimum absolute atomic E-state index is 0.0329. The van der Waals surface area contributed by atoms with Crippen molar-refractivity contribution in [2.45, 2.75) is 0 Å². The number of carbonyl (C=O) groups excluding carboxylic acids is 1. The van der Waals surface area contributed by atoms with Crippen molar-refractivity contribution in [1.29, 1.82) is 0 Å². The molecule has 184 valence electrons. The van der Waals surface area contributed by atoms with E-state index in [-0.39, 0.29) is 11.5 Å². The molecule has 1 fully saturated rings. The van der Waals surface area contributed by atoms with Crippen LogP contribution in [0, 0.1) is 0 Å². The number of halogens is 2. The number of benzene rings is 3. The molecule has 0 spiro atoms. The number of fused-ring (bicyclic) bond motifs is 2. The van der Waals surface area contributed by atoms with Crippen molar-refractivity contribution in [3.05, 3.63) is 97.7 Å². The highest BCUT2D eigenvalue weighted by Gasteiger charge is 2.26. The summed E-state index contributed by atoms with van der Waals surface area (Å²) in [5.74, 6) is 0.431. The average Bonchev–Trinajstić information content (AvgIpc) is 2.93. The SMILES string of the molecule is O=C(c1cc2cc(Br)cc(Br)c2oc1=O)N1CCN(c2ccc(-c3ccc4ccccc4c3)nn2)CC1. The molecule has 0 unspecified atom stereocenters. The fourth-order valence-corrected chi connectivity index (χ4v) is 5.95. The van der Waals surface area contributed by atoms with Crippen LogP contribution in [0.4, 0.5) is 5.82 Å². The molecule has 2 aromatic heterocycles. The van der Waals surface area contributed by atoms with Crippen molar-refractivity contribution in [3.63, 3.8) is 0 Å². The zero-order chi connectivity index (χ0) is 25.5. The van der Waals surface area contributed by atoms with Crippen LogP contribution in [0.3, 0.4) is 0 Å². The molecule has 3 aromatic carbocycles. The van der Waals surface area contributed by atoms with Gasteiger partial charge in [0.15, 0.2) is 11.4 Å². The third-order valence-electron chi connectivity index (χ3n) is 6.57. The fourth-order valence-electron chi connectivity index (χ4n) is 4.61. The maximum absolute atomic E-state index is 13.2. The molecule has 1 saturated heterocycles. The predicted octanol–water partition coefficient (Wildman–Crippen LogP) is 5.89. The van der Waals surface area contributed by atoms with E-state index < -0.39 is 5.63 Å². The molecule has 1 aliphatic heterocycles. The summed E-state index contributed by atoms with van der Waals surface area (Å²) >= 11 is 6.84. The van der Waals surface area contributed by atoms with Gasteiger partial charge in [0.05, 0.1) is 10.2 Å². The number of amides is 1. The Kier molecular flexibility index (Phi) is 6.26. The quantitative estimate of drug-likeness (QED) is 0.234. The molecule has 1 amide bonds. The Balaban J connectivity index is 1.16. The molecule has 9 heteroatoms. The van der Waals surface area contributed by atoms with Crippen molar-refractivity contribution in [2.24, 2.45) is 0 Å². The van der Waals surface area contributed by atoms with E-state index in [0.29, 0.717) is 41.6 Å². The number of piperazine rings is 1. The van der Waals surface area contributed by atoms with Crippen LogP contribution in [0.2, 0.25) is 0 Å². The fraction of sp³-hybridized carbons (Fsp3) is 0.143. The van der Waals surface area contributed by atoms with Gasteiger partial charge in [-0.25, -0.2) is 4.79 Å². The summed E-state index contributed by atoms with van der Waals surface area (Å²) < 4.78 is 6.92. The van der Waals surface area contributed by atoms with Crippen LogP contribution < -0.4 is 10.5 Å². The van der Waals surface area contributed by atoms with E-state index in [1.54, 1.807) is 17.0 Å². The van der Waals surface area contributed by atoms with E-state index in [0.717, 1.165) is 26.9 Å². The van der Waals surface area contributed by atoms with Crippen LogP contribution in [0.25, 0.3) is 33.0 Å². The smallest absolute Gasteiger partial charge is 0.349 e. The van der Waals surface area contributed by atoms with Gasteiger partial charge in [0.25, 0.3) is 5.91 Å². The largest absolute Gasteiger partial charge is 0.421 e. The Hall–Kier alpha value is -3.56. The Labute approximate surface area is 229 Å². The van der Waals surface area contributed by atoms with Gasteiger partial charge in [0, 0.05) is 41.6 Å². The minimum Gasteiger partial charge on any atom is -0.421 e. The van der Waals surface area contributed by atoms with E-state index in [1.807, 2.05) is 30.3 Å². The number of hydrogen-bond donors (Lipinski definition) is 0. The van der Waals surface area contributed by atoms with E-state index in [9.17, 15) is 9.59 Å². The maximum Gasteiger partial charge on any atom is 0.349 e. The standard InChI is InChI=1S/C28H20Br2N4O3/c29-21-14-20-15-22(28(36)37-26(20)23(30)16-21)27(35)34-11-9-33(10-12-34)25-8-7-24(31-32-25)19-6-5-17-3-1-2-4-18(17)13-19/h1-8,13-16H,9-12H2. The number of anilines is 1. The molecule has 6 rings (SSSR count). The normalized spacial score (nSPS) is 13.9. The molecule has 0 radical (unpaired) electrons. The molecule has 37 heavy (non-hydrogen) atoms. The summed E-state index contributed by atoms with van der Waals surface area (Å²) in [5, 5.41) is 11.9. The van der Waals surface area contributed by atoms with Crippen molar-refractivity contribution >= 4 is 65.3 Å². The molecule has 5 aromatic rings. The highest BCUT2D eigenvalue weighted by atomic mass is 79.9. The summed E-state index contributed by atoms with van der Waals surface area (Å²) in [5.41, 5.74) is 1.63. The third kappa shape index (κ3) is 4.65. The van der Waals surface area contributed by atoms with Gasteiger partial charge in [-0.3, -0.25) is 4.79 Å². The summed E-state index contributed by atoms with van der Waals surface area (Å²) in [6.07, 6.45) is 0. The van der Waals surface area contributed by atoms with Gasteiger partial charge in [-0.05, 0) is 63.1 Å². The molecule has 0 bridgehead atoms. The lowest BCUT2D eigenvalue weighted by Crippen LogP contribution is -2.49. The first kappa shape index (κ1) is 23.8. The molecule has 0 N–H and O–H groups in total. The second-order valence-electron chi connectivity index (χ2n) is 8.87. The van der Waals surface area contributed by atoms with Gasteiger partial charge in [-0.1, -0.05) is 52.3 Å². The molecular weight excluding hydrogens is 600 g/mol. The highest BCUT2D eigenvalue weighted by Crippen LogP contribution is 2.28. The van der Waals surface area contributed by atoms with Crippen LogP contribution in [0.1, 0.15) is 10.4 Å². The zero-order valence-corrected chi connectivity index (χ0v) is 22.7. The molecule has 0 saturated carbocycles. The Bertz CT molecular complexity index is 1710.